The quantitative estimate of drug-likeness (QED) is 0.752. The summed E-state index contributed by atoms with van der Waals surface area (Å²) in [7, 11) is 0. The van der Waals surface area contributed by atoms with Crippen molar-refractivity contribution >= 4 is 0 Å². The molecule has 2 heterocycles. The minimum atomic E-state index is 0.726. The van der Waals surface area contributed by atoms with Crippen LogP contribution in [0.1, 0.15) is 24.6 Å². The Labute approximate surface area is 108 Å². The molecule has 0 atom stereocenters. The van der Waals surface area contributed by atoms with Gasteiger partial charge in [0.15, 0.2) is 0 Å². The molecule has 1 aromatic heterocycles. The topological polar surface area (TPSA) is 42.3 Å². The molecule has 5 nitrogen and oxygen atoms in total. The maximum atomic E-state index is 5.34. The lowest BCUT2D eigenvalue weighted by molar-refractivity contribution is 0.0384. The Balaban J connectivity index is 1.37. The molecule has 0 spiro atoms. The molecule has 1 aromatic rings. The smallest absolute Gasteiger partial charge is 0.0951 e. The highest BCUT2D eigenvalue weighted by Crippen LogP contribution is 2.35. The van der Waals surface area contributed by atoms with Crippen molar-refractivity contribution in [3.63, 3.8) is 0 Å². The second kappa shape index (κ2) is 5.82. The number of aromatic nitrogens is 2. The van der Waals surface area contributed by atoms with E-state index in [9.17, 15) is 0 Å². The van der Waals surface area contributed by atoms with E-state index in [0.29, 0.717) is 0 Å². The number of ether oxygens (including phenoxy) is 1. The van der Waals surface area contributed by atoms with Gasteiger partial charge in [-0.05, 0) is 12.8 Å². The molecule has 1 saturated carbocycles. The summed E-state index contributed by atoms with van der Waals surface area (Å²) in [5.74, 6) is 0. The number of morpholine rings is 1. The summed E-state index contributed by atoms with van der Waals surface area (Å²) < 4.78 is 7.66. The highest BCUT2D eigenvalue weighted by Gasteiger charge is 2.24. The van der Waals surface area contributed by atoms with Crippen LogP contribution in [0.25, 0.3) is 0 Å². The second-order valence-corrected chi connectivity index (χ2v) is 5.15. The van der Waals surface area contributed by atoms with E-state index < -0.39 is 0 Å². The van der Waals surface area contributed by atoms with Crippen molar-refractivity contribution in [1.29, 1.82) is 0 Å². The number of hydrogen-bond acceptors (Lipinski definition) is 4. The third-order valence-corrected chi connectivity index (χ3v) is 3.70. The third-order valence-electron chi connectivity index (χ3n) is 3.70. The number of imidazole rings is 1. The number of nitrogens with one attached hydrogen (secondary N) is 1. The van der Waals surface area contributed by atoms with E-state index in [1.54, 1.807) is 0 Å². The van der Waals surface area contributed by atoms with Gasteiger partial charge in [-0.25, -0.2) is 4.98 Å². The predicted molar refractivity (Wildman–Crippen MR) is 69.5 cm³/mol. The lowest BCUT2D eigenvalue weighted by Crippen LogP contribution is -2.40. The Morgan fingerprint density at radius 2 is 2.17 bits per heavy atom. The molecule has 0 aromatic carbocycles. The predicted octanol–water partition coefficient (Wildman–Crippen LogP) is 0.640. The normalized spacial score (nSPS) is 21.3. The summed E-state index contributed by atoms with van der Waals surface area (Å²) in [6.07, 6.45) is 6.59. The summed E-state index contributed by atoms with van der Waals surface area (Å²) in [5, 5.41) is 3.51. The zero-order chi connectivity index (χ0) is 12.2. The molecule has 1 aliphatic carbocycles. The second-order valence-electron chi connectivity index (χ2n) is 5.15. The number of nitrogens with zero attached hydrogens (tertiary/aromatic N) is 3. The summed E-state index contributed by atoms with van der Waals surface area (Å²) in [6, 6.07) is 0.726. The van der Waals surface area contributed by atoms with Gasteiger partial charge in [-0.15, -0.1) is 0 Å². The molecule has 3 rings (SSSR count). The fourth-order valence-electron chi connectivity index (χ4n) is 2.43. The summed E-state index contributed by atoms with van der Waals surface area (Å²) in [6.45, 7) is 6.99. The van der Waals surface area contributed by atoms with Crippen molar-refractivity contribution < 1.29 is 4.74 Å². The van der Waals surface area contributed by atoms with Gasteiger partial charge >= 0.3 is 0 Å². The maximum absolute atomic E-state index is 5.34. The fraction of sp³-hybridized carbons (Fsp3) is 0.769. The van der Waals surface area contributed by atoms with E-state index in [4.69, 9.17) is 4.74 Å². The van der Waals surface area contributed by atoms with Crippen LogP contribution in [0.3, 0.4) is 0 Å². The first-order chi connectivity index (χ1) is 8.93. The van der Waals surface area contributed by atoms with Gasteiger partial charge in [0.25, 0.3) is 0 Å². The van der Waals surface area contributed by atoms with Crippen LogP contribution in [-0.4, -0.2) is 53.8 Å². The Morgan fingerprint density at radius 1 is 1.33 bits per heavy atom. The van der Waals surface area contributed by atoms with E-state index in [0.717, 1.165) is 52.0 Å². The van der Waals surface area contributed by atoms with E-state index in [2.05, 4.69) is 19.8 Å². The summed E-state index contributed by atoms with van der Waals surface area (Å²) in [4.78, 5) is 6.70. The van der Waals surface area contributed by atoms with Gasteiger partial charge in [-0.1, -0.05) is 0 Å². The summed E-state index contributed by atoms with van der Waals surface area (Å²) in [5.41, 5.74) is 1.32. The molecule has 5 heteroatoms. The number of hydrogen-bond donors (Lipinski definition) is 1. The average Bonchev–Trinajstić information content (AvgIpc) is 3.16. The van der Waals surface area contributed by atoms with Crippen molar-refractivity contribution in [2.75, 3.05) is 39.4 Å². The SMILES string of the molecule is c1ncn(C2CC2)c1CNCCN1CCOCC1. The number of rotatable bonds is 6. The van der Waals surface area contributed by atoms with Gasteiger partial charge in [0.05, 0.1) is 25.2 Å². The van der Waals surface area contributed by atoms with Crippen molar-refractivity contribution in [2.24, 2.45) is 0 Å². The minimum Gasteiger partial charge on any atom is -0.379 e. The van der Waals surface area contributed by atoms with Crippen LogP contribution in [0.2, 0.25) is 0 Å². The molecule has 18 heavy (non-hydrogen) atoms. The molecule has 0 unspecified atom stereocenters. The zero-order valence-electron chi connectivity index (χ0n) is 10.8. The average molecular weight is 250 g/mol. The van der Waals surface area contributed by atoms with E-state index in [-0.39, 0.29) is 0 Å². The molecule has 2 fully saturated rings. The van der Waals surface area contributed by atoms with Crippen LogP contribution in [0, 0.1) is 0 Å². The van der Waals surface area contributed by atoms with Crippen LogP contribution < -0.4 is 5.32 Å². The van der Waals surface area contributed by atoms with Crippen LogP contribution >= 0.6 is 0 Å². The monoisotopic (exact) mass is 250 g/mol. The van der Waals surface area contributed by atoms with E-state index in [1.165, 1.54) is 18.5 Å². The van der Waals surface area contributed by atoms with Gasteiger partial charge < -0.3 is 14.6 Å². The molecular formula is C13H22N4O. The van der Waals surface area contributed by atoms with Crippen LogP contribution in [0.15, 0.2) is 12.5 Å². The Bertz CT molecular complexity index is 369. The fourth-order valence-corrected chi connectivity index (χ4v) is 2.43. The molecule has 1 saturated heterocycles. The first-order valence-electron chi connectivity index (χ1n) is 6.95. The van der Waals surface area contributed by atoms with E-state index >= 15 is 0 Å². The van der Waals surface area contributed by atoms with Gasteiger partial charge in [0, 0.05) is 45.0 Å². The van der Waals surface area contributed by atoms with Crippen LogP contribution in [-0.2, 0) is 11.3 Å². The van der Waals surface area contributed by atoms with Gasteiger partial charge in [0.1, 0.15) is 0 Å². The van der Waals surface area contributed by atoms with Gasteiger partial charge in [0.2, 0.25) is 0 Å². The zero-order valence-corrected chi connectivity index (χ0v) is 10.8. The highest BCUT2D eigenvalue weighted by atomic mass is 16.5. The molecule has 0 radical (unpaired) electrons. The first kappa shape index (κ1) is 12.1. The van der Waals surface area contributed by atoms with Gasteiger partial charge in [-0.3, -0.25) is 4.90 Å². The molecule has 1 N–H and O–H groups in total. The molecule has 100 valence electrons. The lowest BCUT2D eigenvalue weighted by atomic mass is 10.4. The van der Waals surface area contributed by atoms with Crippen LogP contribution in [0.4, 0.5) is 0 Å². The molecular weight excluding hydrogens is 228 g/mol. The standard InChI is InChI=1S/C13H22N4O/c1-2-12(1)17-11-15-10-13(17)9-14-3-4-16-5-7-18-8-6-16/h10-12,14H,1-9H2. The molecule has 1 aliphatic heterocycles. The third kappa shape index (κ3) is 3.10. The molecule has 2 aliphatic rings. The molecule has 0 bridgehead atoms. The van der Waals surface area contributed by atoms with E-state index in [1.807, 2.05) is 12.5 Å². The van der Waals surface area contributed by atoms with Crippen LogP contribution in [0.5, 0.6) is 0 Å². The van der Waals surface area contributed by atoms with Crippen molar-refractivity contribution in [1.82, 2.24) is 19.8 Å². The van der Waals surface area contributed by atoms with Crippen molar-refractivity contribution in [3.8, 4) is 0 Å². The largest absolute Gasteiger partial charge is 0.379 e. The Hall–Kier alpha value is -0.910. The highest BCUT2D eigenvalue weighted by molar-refractivity contribution is 5.03. The summed E-state index contributed by atoms with van der Waals surface area (Å²) >= 11 is 0. The first-order valence-corrected chi connectivity index (χ1v) is 6.95. The Morgan fingerprint density at radius 3 is 2.94 bits per heavy atom. The molecule has 0 amide bonds. The lowest BCUT2D eigenvalue weighted by Gasteiger charge is -2.26. The minimum absolute atomic E-state index is 0.726. The van der Waals surface area contributed by atoms with Crippen molar-refractivity contribution in [2.45, 2.75) is 25.4 Å². The maximum Gasteiger partial charge on any atom is 0.0951 e. The van der Waals surface area contributed by atoms with Gasteiger partial charge in [-0.2, -0.15) is 0 Å². The Kier molecular flexibility index (Phi) is 3.93. The van der Waals surface area contributed by atoms with Crippen molar-refractivity contribution in [3.05, 3.63) is 18.2 Å².